The first-order valence-electron chi connectivity index (χ1n) is 5.62. The van der Waals surface area contributed by atoms with E-state index in [1.807, 2.05) is 17.2 Å². The molecule has 2 rings (SSSR count). The first-order valence-corrected chi connectivity index (χ1v) is 6.03. The van der Waals surface area contributed by atoms with Crippen LogP contribution in [0.1, 0.15) is 36.4 Å². The van der Waals surface area contributed by atoms with Gasteiger partial charge in [0, 0.05) is 12.7 Å². The molecule has 1 aliphatic heterocycles. The second kappa shape index (κ2) is 4.78. The van der Waals surface area contributed by atoms with Crippen molar-refractivity contribution >= 4 is 18.6 Å². The van der Waals surface area contributed by atoms with Crippen LogP contribution in [0, 0.1) is 11.6 Å². The fraction of sp³-hybridized carbons (Fsp3) is 0.500. The average molecular weight is 236 g/mol. The normalized spacial score (nSPS) is 20.8. The summed E-state index contributed by atoms with van der Waals surface area (Å²) >= 11 is 5.08. The van der Waals surface area contributed by atoms with Crippen LogP contribution in [0.25, 0.3) is 0 Å². The van der Waals surface area contributed by atoms with Crippen molar-refractivity contribution < 1.29 is 4.79 Å². The van der Waals surface area contributed by atoms with Crippen molar-refractivity contribution in [3.8, 4) is 0 Å². The van der Waals surface area contributed by atoms with Crippen LogP contribution in [-0.4, -0.2) is 22.8 Å². The molecule has 3 nitrogen and oxygen atoms in total. The van der Waals surface area contributed by atoms with Crippen molar-refractivity contribution in [2.24, 2.45) is 0 Å². The molecule has 1 N–H and O–H groups in total. The van der Waals surface area contributed by atoms with Crippen LogP contribution in [0.3, 0.4) is 0 Å². The first-order chi connectivity index (χ1) is 7.72. The molecular weight excluding hydrogens is 220 g/mol. The van der Waals surface area contributed by atoms with E-state index in [1.165, 1.54) is 17.5 Å². The number of carbonyl (C=O) groups excluding carboxylic acids is 1. The molecule has 1 saturated heterocycles. The van der Waals surface area contributed by atoms with Gasteiger partial charge in [-0.1, -0.05) is 12.2 Å². The maximum atomic E-state index is 11.0. The number of amides is 1. The van der Waals surface area contributed by atoms with Gasteiger partial charge in [-0.15, -0.1) is 0 Å². The van der Waals surface area contributed by atoms with E-state index >= 15 is 0 Å². The Labute approximate surface area is 100 Å². The van der Waals surface area contributed by atoms with Gasteiger partial charge in [0.25, 0.3) is 0 Å². The predicted molar refractivity (Wildman–Crippen MR) is 65.7 cm³/mol. The third-order valence-corrected chi connectivity index (χ3v) is 3.45. The number of aromatic nitrogens is 1. The van der Waals surface area contributed by atoms with Gasteiger partial charge in [0.15, 0.2) is 0 Å². The summed E-state index contributed by atoms with van der Waals surface area (Å²) in [5, 5.41) is 0. The molecule has 1 amide bonds. The minimum atomic E-state index is 0.220. The Kier molecular flexibility index (Phi) is 3.39. The minimum Gasteiger partial charge on any atom is -0.353 e. The molecule has 1 fully saturated rings. The van der Waals surface area contributed by atoms with E-state index in [4.69, 9.17) is 12.2 Å². The van der Waals surface area contributed by atoms with E-state index in [0.717, 1.165) is 30.4 Å². The molecule has 0 radical (unpaired) electrons. The lowest BCUT2D eigenvalue weighted by molar-refractivity contribution is -0.121. The number of aryl methyl sites for hydroxylation is 1. The molecule has 86 valence electrons. The van der Waals surface area contributed by atoms with Gasteiger partial charge in [-0.05, 0) is 43.4 Å². The van der Waals surface area contributed by atoms with Crippen LogP contribution in [-0.2, 0) is 4.79 Å². The van der Waals surface area contributed by atoms with Gasteiger partial charge >= 0.3 is 0 Å². The molecule has 0 spiro atoms. The molecule has 1 aromatic heterocycles. The maximum Gasteiger partial charge on any atom is 0.210 e. The molecule has 0 aromatic carbocycles. The second-order valence-corrected chi connectivity index (χ2v) is 4.73. The molecule has 0 aliphatic carbocycles. The molecule has 0 bridgehead atoms. The Bertz CT molecular complexity index is 441. The largest absolute Gasteiger partial charge is 0.353 e. The number of hydrogen-bond acceptors (Lipinski definition) is 2. The number of piperidine rings is 1. The molecule has 16 heavy (non-hydrogen) atoms. The summed E-state index contributed by atoms with van der Waals surface area (Å²) in [7, 11) is 0. The van der Waals surface area contributed by atoms with Crippen LogP contribution in [0.5, 0.6) is 0 Å². The number of likely N-dealkylation sites (tertiary alicyclic amines) is 1. The van der Waals surface area contributed by atoms with Gasteiger partial charge in [-0.25, -0.2) is 0 Å². The highest BCUT2D eigenvalue weighted by molar-refractivity contribution is 7.71. The van der Waals surface area contributed by atoms with E-state index in [9.17, 15) is 4.79 Å². The lowest BCUT2D eigenvalue weighted by atomic mass is 9.94. The number of hydrogen-bond donors (Lipinski definition) is 1. The van der Waals surface area contributed by atoms with Crippen LogP contribution in [0.2, 0.25) is 0 Å². The Hall–Kier alpha value is -1.16. The van der Waals surface area contributed by atoms with Gasteiger partial charge in [0.2, 0.25) is 6.41 Å². The van der Waals surface area contributed by atoms with Crippen molar-refractivity contribution in [3.05, 3.63) is 28.0 Å². The van der Waals surface area contributed by atoms with Gasteiger partial charge in [0.1, 0.15) is 4.64 Å². The smallest absolute Gasteiger partial charge is 0.210 e. The molecule has 1 atom stereocenters. The zero-order valence-corrected chi connectivity index (χ0v) is 10.2. The fourth-order valence-corrected chi connectivity index (χ4v) is 2.59. The highest BCUT2D eigenvalue weighted by Crippen LogP contribution is 2.30. The number of carbonyl (C=O) groups is 1. The van der Waals surface area contributed by atoms with E-state index in [2.05, 4.69) is 11.9 Å². The molecule has 4 heteroatoms. The minimum absolute atomic E-state index is 0.220. The van der Waals surface area contributed by atoms with Crippen LogP contribution >= 0.6 is 12.2 Å². The van der Waals surface area contributed by atoms with E-state index in [-0.39, 0.29) is 6.04 Å². The number of H-pyrrole nitrogens is 1. The van der Waals surface area contributed by atoms with Crippen molar-refractivity contribution in [1.82, 2.24) is 9.88 Å². The van der Waals surface area contributed by atoms with Crippen LogP contribution in [0.4, 0.5) is 0 Å². The highest BCUT2D eigenvalue weighted by atomic mass is 32.1. The summed E-state index contributed by atoms with van der Waals surface area (Å²) in [6, 6.07) is 2.18. The van der Waals surface area contributed by atoms with Crippen molar-refractivity contribution in [2.75, 3.05) is 6.54 Å². The monoisotopic (exact) mass is 236 g/mol. The molecule has 1 aliphatic rings. The molecule has 0 saturated carbocycles. The lowest BCUT2D eigenvalue weighted by Crippen LogP contribution is -2.32. The van der Waals surface area contributed by atoms with Gasteiger partial charge in [-0.2, -0.15) is 0 Å². The quantitative estimate of drug-likeness (QED) is 0.633. The summed E-state index contributed by atoms with van der Waals surface area (Å²) in [5.41, 5.74) is 2.36. The van der Waals surface area contributed by atoms with Gasteiger partial charge in [-0.3, -0.25) is 4.79 Å². The topological polar surface area (TPSA) is 36.1 Å². The van der Waals surface area contributed by atoms with Gasteiger partial charge in [0.05, 0.1) is 6.04 Å². The number of rotatable bonds is 2. The van der Waals surface area contributed by atoms with E-state index in [1.54, 1.807) is 0 Å². The highest BCUT2D eigenvalue weighted by Gasteiger charge is 2.23. The average Bonchev–Trinajstić information content (AvgIpc) is 2.29. The summed E-state index contributed by atoms with van der Waals surface area (Å²) in [6.07, 6.45) is 6.25. The maximum absolute atomic E-state index is 11.0. The molecule has 2 heterocycles. The zero-order chi connectivity index (χ0) is 11.5. The first kappa shape index (κ1) is 11.3. The van der Waals surface area contributed by atoms with Gasteiger partial charge < -0.3 is 9.88 Å². The Morgan fingerprint density at radius 3 is 3.06 bits per heavy atom. The number of pyridine rings is 1. The van der Waals surface area contributed by atoms with E-state index < -0.39 is 0 Å². The standard InChI is InChI=1S/C12H16N2OS/c1-9-6-12(16)13-7-10(9)11-4-2-3-5-14(11)8-15/h6-8,11H,2-5H2,1H3,(H,13,16)/t11-/m1/s1. The summed E-state index contributed by atoms with van der Waals surface area (Å²) in [6.45, 7) is 2.92. The Morgan fingerprint density at radius 1 is 1.56 bits per heavy atom. The number of aromatic amines is 1. The van der Waals surface area contributed by atoms with Crippen molar-refractivity contribution in [2.45, 2.75) is 32.2 Å². The third kappa shape index (κ3) is 2.16. The van der Waals surface area contributed by atoms with Crippen LogP contribution < -0.4 is 0 Å². The van der Waals surface area contributed by atoms with Crippen molar-refractivity contribution in [3.63, 3.8) is 0 Å². The summed E-state index contributed by atoms with van der Waals surface area (Å²) < 4.78 is 0.745. The predicted octanol–water partition coefficient (Wildman–Crippen LogP) is 2.74. The Balaban J connectivity index is 2.34. The molecule has 1 aromatic rings. The second-order valence-electron chi connectivity index (χ2n) is 4.29. The third-order valence-electron chi connectivity index (χ3n) is 3.21. The van der Waals surface area contributed by atoms with E-state index in [0.29, 0.717) is 0 Å². The number of nitrogens with one attached hydrogen (secondary N) is 1. The Morgan fingerprint density at radius 2 is 2.38 bits per heavy atom. The fourth-order valence-electron chi connectivity index (χ4n) is 2.36. The van der Waals surface area contributed by atoms with Crippen LogP contribution in [0.15, 0.2) is 12.3 Å². The van der Waals surface area contributed by atoms with Crippen molar-refractivity contribution in [1.29, 1.82) is 0 Å². The SMILES string of the molecule is Cc1cc(=S)[nH]cc1[C@H]1CCCCN1C=O. The number of nitrogens with zero attached hydrogens (tertiary/aromatic N) is 1. The summed E-state index contributed by atoms with van der Waals surface area (Å²) in [5.74, 6) is 0. The molecule has 0 unspecified atom stereocenters. The zero-order valence-electron chi connectivity index (χ0n) is 9.40. The molecular formula is C12H16N2OS. The lowest BCUT2D eigenvalue weighted by Gasteiger charge is -2.33. The summed E-state index contributed by atoms with van der Waals surface area (Å²) in [4.78, 5) is 16.0.